The van der Waals surface area contributed by atoms with Crippen LogP contribution in [0.1, 0.15) is 28.6 Å². The summed E-state index contributed by atoms with van der Waals surface area (Å²) in [5.41, 5.74) is 2.11. The molecule has 1 aliphatic heterocycles. The van der Waals surface area contributed by atoms with Crippen molar-refractivity contribution in [2.75, 3.05) is 26.2 Å². The van der Waals surface area contributed by atoms with E-state index in [-0.39, 0.29) is 11.5 Å². The van der Waals surface area contributed by atoms with Crippen LogP contribution in [0.25, 0.3) is 21.2 Å². The fourth-order valence-electron chi connectivity index (χ4n) is 4.57. The van der Waals surface area contributed by atoms with Crippen molar-refractivity contribution >= 4 is 50.4 Å². The number of thiophene rings is 1. The van der Waals surface area contributed by atoms with E-state index in [2.05, 4.69) is 11.8 Å². The Hall–Kier alpha value is -2.57. The molecular weight excluding hydrogens is 501 g/mol. The Morgan fingerprint density at radius 2 is 1.91 bits per heavy atom. The molecule has 0 saturated carbocycles. The van der Waals surface area contributed by atoms with E-state index in [9.17, 15) is 9.90 Å². The quantitative estimate of drug-likeness (QED) is 0.253. The summed E-state index contributed by atoms with van der Waals surface area (Å²) in [6, 6.07) is 17.9. The molecule has 1 saturated heterocycles. The molecule has 1 N–H and O–H groups in total. The van der Waals surface area contributed by atoms with E-state index < -0.39 is 0 Å². The first-order valence-electron chi connectivity index (χ1n) is 11.6. The molecule has 2 heterocycles. The van der Waals surface area contributed by atoms with Crippen LogP contribution in [0.2, 0.25) is 10.0 Å². The van der Waals surface area contributed by atoms with E-state index in [0.717, 1.165) is 52.5 Å². The Balaban J connectivity index is 1.44. The van der Waals surface area contributed by atoms with Crippen molar-refractivity contribution < 1.29 is 14.6 Å². The fourth-order valence-corrected chi connectivity index (χ4v) is 6.27. The van der Waals surface area contributed by atoms with Gasteiger partial charge in [-0.2, -0.15) is 0 Å². The second kappa shape index (κ2) is 10.2. The molecule has 4 nitrogen and oxygen atoms in total. The number of carbonyl (C=O) groups is 1. The Bertz CT molecular complexity index is 1380. The van der Waals surface area contributed by atoms with Gasteiger partial charge in [0, 0.05) is 39.3 Å². The number of phenolic OH excluding ortho intramolecular Hbond substituents is 1. The van der Waals surface area contributed by atoms with Crippen LogP contribution < -0.4 is 4.74 Å². The van der Waals surface area contributed by atoms with Crippen molar-refractivity contribution in [2.45, 2.75) is 13.3 Å². The second-order valence-corrected chi connectivity index (χ2v) is 10.9. The van der Waals surface area contributed by atoms with Gasteiger partial charge in [0.05, 0.1) is 9.90 Å². The molecule has 3 aromatic carbocycles. The molecule has 4 aromatic rings. The van der Waals surface area contributed by atoms with Gasteiger partial charge in [0.15, 0.2) is 0 Å². The van der Waals surface area contributed by atoms with Crippen LogP contribution in [0, 0.1) is 5.92 Å². The molecule has 1 atom stereocenters. The van der Waals surface area contributed by atoms with Crippen molar-refractivity contribution in [2.24, 2.45) is 5.92 Å². The van der Waals surface area contributed by atoms with E-state index in [1.807, 2.05) is 30.3 Å². The first-order chi connectivity index (χ1) is 16.9. The summed E-state index contributed by atoms with van der Waals surface area (Å²) in [5.74, 6) is 1.54. The SMILES string of the molecule is C[C@@H]1CCN(CCOc2ccc(-c3c(C(=O)c4ccc(Cl)cc4Cl)sc4cc(O)ccc34)cc2)C1. The molecule has 7 heteroatoms. The molecule has 0 aliphatic carbocycles. The molecular formula is C28H25Cl2NO3S. The smallest absolute Gasteiger partial charge is 0.205 e. The van der Waals surface area contributed by atoms with Gasteiger partial charge in [-0.25, -0.2) is 0 Å². The highest BCUT2D eigenvalue weighted by atomic mass is 35.5. The lowest BCUT2D eigenvalue weighted by Crippen LogP contribution is -2.25. The highest BCUT2D eigenvalue weighted by Gasteiger charge is 2.23. The monoisotopic (exact) mass is 525 g/mol. The molecule has 0 bridgehead atoms. The number of aromatic hydroxyl groups is 1. The summed E-state index contributed by atoms with van der Waals surface area (Å²) < 4.78 is 6.81. The standard InChI is InChI=1S/C28H25Cl2NO3S/c1-17-10-11-31(16-17)12-13-34-21-6-2-18(3-7-21)26-23-9-5-20(32)15-25(23)35-28(26)27(33)22-8-4-19(29)14-24(22)30/h2-9,14-15,17,32H,10-13,16H2,1H3/t17-/m1/s1. The van der Waals surface area contributed by atoms with Gasteiger partial charge in [0.1, 0.15) is 18.1 Å². The highest BCUT2D eigenvalue weighted by Crippen LogP contribution is 2.42. The first kappa shape index (κ1) is 24.1. The summed E-state index contributed by atoms with van der Waals surface area (Å²) in [4.78, 5) is 16.6. The maximum atomic E-state index is 13.6. The van der Waals surface area contributed by atoms with Crippen LogP contribution in [0.15, 0.2) is 60.7 Å². The zero-order valence-corrected chi connectivity index (χ0v) is 21.6. The molecule has 0 unspecified atom stereocenters. The number of carbonyl (C=O) groups excluding carboxylic acids is 1. The predicted octanol–water partition coefficient (Wildman–Crippen LogP) is 7.53. The van der Waals surface area contributed by atoms with Crippen LogP contribution in [-0.2, 0) is 0 Å². The van der Waals surface area contributed by atoms with Gasteiger partial charge >= 0.3 is 0 Å². The van der Waals surface area contributed by atoms with Crippen molar-refractivity contribution in [3.05, 3.63) is 81.1 Å². The van der Waals surface area contributed by atoms with Crippen LogP contribution in [0.4, 0.5) is 0 Å². The summed E-state index contributed by atoms with van der Waals surface area (Å²) in [6.07, 6.45) is 1.25. The summed E-state index contributed by atoms with van der Waals surface area (Å²) in [7, 11) is 0. The van der Waals surface area contributed by atoms with Crippen molar-refractivity contribution in [1.29, 1.82) is 0 Å². The second-order valence-electron chi connectivity index (χ2n) is 9.01. The molecule has 0 amide bonds. The third-order valence-corrected chi connectivity index (χ3v) is 8.08. The highest BCUT2D eigenvalue weighted by molar-refractivity contribution is 7.21. The van der Waals surface area contributed by atoms with E-state index >= 15 is 0 Å². The Morgan fingerprint density at radius 1 is 1.11 bits per heavy atom. The summed E-state index contributed by atoms with van der Waals surface area (Å²) in [5, 5.41) is 11.7. The van der Waals surface area contributed by atoms with Crippen LogP contribution in [0.3, 0.4) is 0 Å². The van der Waals surface area contributed by atoms with E-state index in [0.29, 0.717) is 27.1 Å². The lowest BCUT2D eigenvalue weighted by atomic mass is 9.98. The van der Waals surface area contributed by atoms with E-state index in [4.69, 9.17) is 27.9 Å². The summed E-state index contributed by atoms with van der Waals surface area (Å²) >= 11 is 13.7. The normalized spacial score (nSPS) is 16.1. The topological polar surface area (TPSA) is 49.8 Å². The van der Waals surface area contributed by atoms with Gasteiger partial charge in [-0.1, -0.05) is 42.3 Å². The number of fused-ring (bicyclic) bond motifs is 1. The first-order valence-corrected chi connectivity index (χ1v) is 13.2. The third-order valence-electron chi connectivity index (χ3n) is 6.38. The van der Waals surface area contributed by atoms with E-state index in [1.54, 1.807) is 30.3 Å². The number of rotatable bonds is 7. The van der Waals surface area contributed by atoms with Crippen molar-refractivity contribution in [3.8, 4) is 22.6 Å². The van der Waals surface area contributed by atoms with Gasteiger partial charge in [0.2, 0.25) is 5.78 Å². The molecule has 180 valence electrons. The van der Waals surface area contributed by atoms with Crippen LogP contribution in [0.5, 0.6) is 11.5 Å². The Labute approximate surface area is 218 Å². The maximum absolute atomic E-state index is 13.6. The number of ketones is 1. The molecule has 1 aromatic heterocycles. The minimum Gasteiger partial charge on any atom is -0.508 e. The van der Waals surface area contributed by atoms with Gasteiger partial charge in [0.25, 0.3) is 0 Å². The van der Waals surface area contributed by atoms with Crippen LogP contribution in [-0.4, -0.2) is 42.0 Å². The number of ether oxygens (including phenoxy) is 1. The Kier molecular flexibility index (Phi) is 7.03. The lowest BCUT2D eigenvalue weighted by molar-refractivity contribution is 0.104. The average molecular weight is 526 g/mol. The molecule has 1 aliphatic rings. The molecule has 0 spiro atoms. The molecule has 1 fully saturated rings. The number of hydrogen-bond acceptors (Lipinski definition) is 5. The lowest BCUT2D eigenvalue weighted by Gasteiger charge is -2.15. The fraction of sp³-hybridized carbons (Fsp3) is 0.250. The molecule has 5 rings (SSSR count). The Morgan fingerprint density at radius 3 is 2.63 bits per heavy atom. The number of nitrogens with zero attached hydrogens (tertiary/aromatic N) is 1. The molecule has 0 radical (unpaired) electrons. The number of benzene rings is 3. The zero-order valence-electron chi connectivity index (χ0n) is 19.3. The summed E-state index contributed by atoms with van der Waals surface area (Å²) in [6.45, 7) is 6.13. The van der Waals surface area contributed by atoms with Crippen molar-refractivity contribution in [3.63, 3.8) is 0 Å². The number of hydrogen-bond donors (Lipinski definition) is 1. The number of phenols is 1. The molecule has 35 heavy (non-hydrogen) atoms. The zero-order chi connectivity index (χ0) is 24.5. The average Bonchev–Trinajstić information content (AvgIpc) is 3.42. The van der Waals surface area contributed by atoms with Crippen LogP contribution >= 0.6 is 34.5 Å². The maximum Gasteiger partial charge on any atom is 0.205 e. The van der Waals surface area contributed by atoms with Gasteiger partial charge in [-0.3, -0.25) is 9.69 Å². The van der Waals surface area contributed by atoms with Gasteiger partial charge in [-0.05, 0) is 73.0 Å². The largest absolute Gasteiger partial charge is 0.508 e. The van der Waals surface area contributed by atoms with Crippen molar-refractivity contribution in [1.82, 2.24) is 4.90 Å². The third kappa shape index (κ3) is 5.19. The van der Waals surface area contributed by atoms with E-state index in [1.165, 1.54) is 17.8 Å². The minimum atomic E-state index is -0.178. The van der Waals surface area contributed by atoms with Gasteiger partial charge < -0.3 is 9.84 Å². The van der Waals surface area contributed by atoms with Gasteiger partial charge in [-0.15, -0.1) is 11.3 Å². The minimum absolute atomic E-state index is 0.157. The number of halogens is 2. The number of likely N-dealkylation sites (tertiary alicyclic amines) is 1. The predicted molar refractivity (Wildman–Crippen MR) is 145 cm³/mol.